The van der Waals surface area contributed by atoms with Gasteiger partial charge >= 0.3 is 0 Å². The highest BCUT2D eigenvalue weighted by Crippen LogP contribution is 2.21. The minimum absolute atomic E-state index is 0.0297. The second kappa shape index (κ2) is 8.62. The topological polar surface area (TPSA) is 32.8 Å². The van der Waals surface area contributed by atoms with Crippen molar-refractivity contribution < 1.29 is 9.53 Å². The summed E-state index contributed by atoms with van der Waals surface area (Å²) in [6.45, 7) is 10.9. The van der Waals surface area contributed by atoms with E-state index in [-0.39, 0.29) is 5.91 Å². The zero-order valence-corrected chi connectivity index (χ0v) is 14.1. The summed E-state index contributed by atoms with van der Waals surface area (Å²) in [6, 6.07) is 7.25. The standard InChI is InChI=1S/C16H24N2O2S/c1-5-17(6-2)15(19)13-11-9-10-12-14(13)20-16(21)18(7-3)8-4/h9-12H,5-8H2,1-4H3. The van der Waals surface area contributed by atoms with E-state index in [4.69, 9.17) is 17.0 Å². The van der Waals surface area contributed by atoms with Crippen molar-refractivity contribution in [3.05, 3.63) is 29.8 Å². The zero-order chi connectivity index (χ0) is 15.8. The van der Waals surface area contributed by atoms with Crippen molar-refractivity contribution in [1.29, 1.82) is 0 Å². The second-order valence-electron chi connectivity index (χ2n) is 4.51. The highest BCUT2D eigenvalue weighted by molar-refractivity contribution is 7.80. The first-order valence-corrected chi connectivity index (χ1v) is 7.84. The van der Waals surface area contributed by atoms with Crippen LogP contribution in [0.15, 0.2) is 24.3 Å². The third kappa shape index (κ3) is 4.43. The van der Waals surface area contributed by atoms with Crippen molar-refractivity contribution in [3.63, 3.8) is 0 Å². The van der Waals surface area contributed by atoms with E-state index in [2.05, 4.69) is 0 Å². The van der Waals surface area contributed by atoms with Gasteiger partial charge in [0.1, 0.15) is 5.75 Å². The average molecular weight is 308 g/mol. The Morgan fingerprint density at radius 2 is 1.52 bits per heavy atom. The molecule has 0 unspecified atom stereocenters. The number of amides is 1. The molecular formula is C16H24N2O2S. The molecule has 1 aromatic carbocycles. The summed E-state index contributed by atoms with van der Waals surface area (Å²) in [4.78, 5) is 16.2. The number of carbonyl (C=O) groups is 1. The molecule has 0 aliphatic carbocycles. The van der Waals surface area contributed by atoms with E-state index < -0.39 is 0 Å². The number of hydrogen-bond acceptors (Lipinski definition) is 3. The van der Waals surface area contributed by atoms with Gasteiger partial charge in [-0.05, 0) is 52.0 Å². The van der Waals surface area contributed by atoms with E-state index in [1.165, 1.54) is 0 Å². The van der Waals surface area contributed by atoms with Crippen LogP contribution in [-0.2, 0) is 0 Å². The largest absolute Gasteiger partial charge is 0.431 e. The molecule has 0 atom stereocenters. The van der Waals surface area contributed by atoms with Crippen LogP contribution in [0.3, 0.4) is 0 Å². The zero-order valence-electron chi connectivity index (χ0n) is 13.3. The van der Waals surface area contributed by atoms with Gasteiger partial charge in [0.25, 0.3) is 11.1 Å². The van der Waals surface area contributed by atoms with Gasteiger partial charge in [-0.1, -0.05) is 12.1 Å². The Labute approximate surface area is 132 Å². The van der Waals surface area contributed by atoms with Crippen molar-refractivity contribution >= 4 is 23.3 Å². The number of para-hydroxylation sites is 1. The fourth-order valence-corrected chi connectivity index (χ4v) is 2.40. The van der Waals surface area contributed by atoms with Crippen LogP contribution in [0, 0.1) is 0 Å². The average Bonchev–Trinajstić information content (AvgIpc) is 2.50. The van der Waals surface area contributed by atoms with Gasteiger partial charge in [-0.25, -0.2) is 0 Å². The molecule has 1 amide bonds. The maximum Gasteiger partial charge on any atom is 0.264 e. The van der Waals surface area contributed by atoms with Crippen LogP contribution in [0.25, 0.3) is 0 Å². The van der Waals surface area contributed by atoms with Gasteiger partial charge in [0, 0.05) is 26.2 Å². The SMILES string of the molecule is CCN(CC)C(=O)c1ccccc1OC(=S)N(CC)CC. The summed E-state index contributed by atoms with van der Waals surface area (Å²) in [5.41, 5.74) is 0.552. The number of thiocarbonyl (C=S) groups is 1. The van der Waals surface area contributed by atoms with Crippen LogP contribution < -0.4 is 4.74 Å². The van der Waals surface area contributed by atoms with Crippen LogP contribution in [0.1, 0.15) is 38.1 Å². The lowest BCUT2D eigenvalue weighted by Gasteiger charge is -2.23. The Hall–Kier alpha value is -1.62. The maximum absolute atomic E-state index is 12.5. The summed E-state index contributed by atoms with van der Waals surface area (Å²) in [5.74, 6) is 0.490. The molecule has 0 radical (unpaired) electrons. The number of carbonyl (C=O) groups excluding carboxylic acids is 1. The number of rotatable bonds is 6. The number of nitrogens with zero attached hydrogens (tertiary/aromatic N) is 2. The lowest BCUT2D eigenvalue weighted by atomic mass is 10.1. The van der Waals surface area contributed by atoms with E-state index in [9.17, 15) is 4.79 Å². The Bertz CT molecular complexity index is 483. The molecule has 0 spiro atoms. The predicted molar refractivity (Wildman–Crippen MR) is 89.8 cm³/mol. The Morgan fingerprint density at radius 1 is 1.00 bits per heavy atom. The molecule has 1 rings (SSSR count). The minimum Gasteiger partial charge on any atom is -0.431 e. The second-order valence-corrected chi connectivity index (χ2v) is 4.86. The third-order valence-electron chi connectivity index (χ3n) is 3.39. The molecule has 0 bridgehead atoms. The van der Waals surface area contributed by atoms with E-state index in [0.717, 1.165) is 13.1 Å². The van der Waals surface area contributed by atoms with Gasteiger partial charge in [0.15, 0.2) is 0 Å². The monoisotopic (exact) mass is 308 g/mol. The molecule has 0 saturated heterocycles. The third-order valence-corrected chi connectivity index (χ3v) is 3.73. The normalized spacial score (nSPS) is 10.1. The number of ether oxygens (including phenoxy) is 1. The van der Waals surface area contributed by atoms with Crippen LogP contribution in [0.4, 0.5) is 0 Å². The van der Waals surface area contributed by atoms with E-state index in [1.807, 2.05) is 44.7 Å². The molecule has 0 heterocycles. The molecule has 21 heavy (non-hydrogen) atoms. The van der Waals surface area contributed by atoms with Crippen molar-refractivity contribution in [1.82, 2.24) is 9.80 Å². The fraction of sp³-hybridized carbons (Fsp3) is 0.500. The van der Waals surface area contributed by atoms with E-state index in [1.54, 1.807) is 17.0 Å². The van der Waals surface area contributed by atoms with E-state index >= 15 is 0 Å². The van der Waals surface area contributed by atoms with Crippen LogP contribution >= 0.6 is 12.2 Å². The first kappa shape index (κ1) is 17.4. The summed E-state index contributed by atoms with van der Waals surface area (Å²) >= 11 is 5.30. The van der Waals surface area contributed by atoms with Crippen LogP contribution in [0.2, 0.25) is 0 Å². The Morgan fingerprint density at radius 3 is 2.05 bits per heavy atom. The van der Waals surface area contributed by atoms with Crippen LogP contribution in [0.5, 0.6) is 5.75 Å². The maximum atomic E-state index is 12.5. The van der Waals surface area contributed by atoms with Gasteiger partial charge < -0.3 is 14.5 Å². The highest BCUT2D eigenvalue weighted by atomic mass is 32.1. The van der Waals surface area contributed by atoms with Crippen molar-refractivity contribution in [2.45, 2.75) is 27.7 Å². The summed E-state index contributed by atoms with van der Waals surface area (Å²) in [5, 5.41) is 0.403. The van der Waals surface area contributed by atoms with Crippen molar-refractivity contribution in [2.75, 3.05) is 26.2 Å². The Balaban J connectivity index is 2.99. The highest BCUT2D eigenvalue weighted by Gasteiger charge is 2.19. The fourth-order valence-electron chi connectivity index (χ4n) is 2.05. The van der Waals surface area contributed by atoms with Crippen LogP contribution in [-0.4, -0.2) is 47.1 Å². The molecule has 0 saturated carbocycles. The van der Waals surface area contributed by atoms with Gasteiger partial charge in [-0.3, -0.25) is 4.79 Å². The number of benzene rings is 1. The van der Waals surface area contributed by atoms with Crippen molar-refractivity contribution in [3.8, 4) is 5.75 Å². The molecule has 5 heteroatoms. The van der Waals surface area contributed by atoms with Crippen molar-refractivity contribution in [2.24, 2.45) is 0 Å². The molecule has 0 aliphatic rings. The summed E-state index contributed by atoms with van der Waals surface area (Å²) in [6.07, 6.45) is 0. The molecular weight excluding hydrogens is 284 g/mol. The molecule has 0 fully saturated rings. The summed E-state index contributed by atoms with van der Waals surface area (Å²) < 4.78 is 5.76. The molecule has 0 N–H and O–H groups in total. The lowest BCUT2D eigenvalue weighted by Crippen LogP contribution is -2.34. The number of hydrogen-bond donors (Lipinski definition) is 0. The minimum atomic E-state index is -0.0297. The smallest absolute Gasteiger partial charge is 0.264 e. The predicted octanol–water partition coefficient (Wildman–Crippen LogP) is 3.17. The first-order valence-electron chi connectivity index (χ1n) is 7.43. The van der Waals surface area contributed by atoms with Gasteiger partial charge in [-0.2, -0.15) is 0 Å². The van der Waals surface area contributed by atoms with Gasteiger partial charge in [-0.15, -0.1) is 0 Å². The first-order chi connectivity index (χ1) is 10.1. The van der Waals surface area contributed by atoms with E-state index in [0.29, 0.717) is 29.6 Å². The molecule has 0 aromatic heterocycles. The lowest BCUT2D eigenvalue weighted by molar-refractivity contribution is 0.0770. The molecule has 4 nitrogen and oxygen atoms in total. The quantitative estimate of drug-likeness (QED) is 0.756. The van der Waals surface area contributed by atoms with Gasteiger partial charge in [0.05, 0.1) is 5.56 Å². The molecule has 0 aliphatic heterocycles. The Kier molecular flexibility index (Phi) is 7.15. The summed E-state index contributed by atoms with van der Waals surface area (Å²) in [7, 11) is 0. The molecule has 116 valence electrons. The van der Waals surface area contributed by atoms with Gasteiger partial charge in [0.2, 0.25) is 0 Å². The molecule has 1 aromatic rings.